The Bertz CT molecular complexity index is 344. The lowest BCUT2D eigenvalue weighted by Crippen LogP contribution is -2.41. The molecule has 20 heavy (non-hydrogen) atoms. The fourth-order valence-electron chi connectivity index (χ4n) is 4.81. The summed E-state index contributed by atoms with van der Waals surface area (Å²) >= 11 is 0. The molecule has 3 aliphatic carbocycles. The van der Waals surface area contributed by atoms with Gasteiger partial charge in [-0.2, -0.15) is 0 Å². The zero-order valence-corrected chi connectivity index (χ0v) is 12.7. The second-order valence-electron chi connectivity index (χ2n) is 7.41. The molecule has 0 saturated heterocycles. The lowest BCUT2D eigenvalue weighted by atomic mass is 9.67. The normalized spacial score (nSPS) is 41.1. The highest BCUT2D eigenvalue weighted by Gasteiger charge is 2.35. The van der Waals surface area contributed by atoms with Gasteiger partial charge >= 0.3 is 0 Å². The van der Waals surface area contributed by atoms with Crippen molar-refractivity contribution in [3.63, 3.8) is 0 Å². The first kappa shape index (κ1) is 14.4. The van der Waals surface area contributed by atoms with Gasteiger partial charge in [-0.15, -0.1) is 0 Å². The minimum Gasteiger partial charge on any atom is -0.356 e. The smallest absolute Gasteiger partial charge is 0.223 e. The Morgan fingerprint density at radius 2 is 1.75 bits per heavy atom. The second-order valence-corrected chi connectivity index (χ2v) is 7.41. The van der Waals surface area contributed by atoms with Gasteiger partial charge in [-0.05, 0) is 49.9 Å². The Hall–Kier alpha value is -0.570. The Balaban J connectivity index is 1.45. The van der Waals surface area contributed by atoms with Gasteiger partial charge in [0.2, 0.25) is 5.91 Å². The minimum atomic E-state index is 0.284. The standard InChI is InChI=1S/C17H30N2O/c18-16-7-3-6-15(16)11-19-17(20)14-9-8-12-4-1-2-5-13(12)10-14/h12-16H,1-11,18H2,(H,19,20). The first-order chi connectivity index (χ1) is 9.74. The van der Waals surface area contributed by atoms with Gasteiger partial charge in [0.1, 0.15) is 0 Å². The zero-order valence-electron chi connectivity index (χ0n) is 12.7. The third kappa shape index (κ3) is 3.19. The van der Waals surface area contributed by atoms with Crippen molar-refractivity contribution in [1.29, 1.82) is 0 Å². The van der Waals surface area contributed by atoms with E-state index in [1.165, 1.54) is 44.9 Å². The Kier molecular flexibility index (Phi) is 4.65. The van der Waals surface area contributed by atoms with Crippen molar-refractivity contribution < 1.29 is 4.79 Å². The molecule has 5 atom stereocenters. The van der Waals surface area contributed by atoms with Gasteiger partial charge < -0.3 is 11.1 Å². The van der Waals surface area contributed by atoms with Crippen molar-refractivity contribution in [3.05, 3.63) is 0 Å². The maximum atomic E-state index is 12.4. The zero-order chi connectivity index (χ0) is 13.9. The van der Waals surface area contributed by atoms with Gasteiger partial charge in [-0.1, -0.05) is 32.1 Å². The molecule has 0 bridgehead atoms. The second kappa shape index (κ2) is 6.46. The molecule has 3 saturated carbocycles. The molecule has 0 aromatic carbocycles. The number of rotatable bonds is 3. The highest BCUT2D eigenvalue weighted by Crippen LogP contribution is 2.42. The largest absolute Gasteiger partial charge is 0.356 e. The molecule has 3 rings (SSSR count). The number of nitrogens with two attached hydrogens (primary N) is 1. The molecule has 114 valence electrons. The van der Waals surface area contributed by atoms with E-state index < -0.39 is 0 Å². The predicted molar refractivity (Wildman–Crippen MR) is 81.1 cm³/mol. The lowest BCUT2D eigenvalue weighted by molar-refractivity contribution is -0.127. The van der Waals surface area contributed by atoms with Crippen LogP contribution in [0.2, 0.25) is 0 Å². The molecule has 1 amide bonds. The first-order valence-corrected chi connectivity index (χ1v) is 8.77. The quantitative estimate of drug-likeness (QED) is 0.834. The van der Waals surface area contributed by atoms with Crippen LogP contribution in [0.1, 0.15) is 64.2 Å². The van der Waals surface area contributed by atoms with Crippen LogP contribution in [0.15, 0.2) is 0 Å². The van der Waals surface area contributed by atoms with Gasteiger partial charge in [0.15, 0.2) is 0 Å². The van der Waals surface area contributed by atoms with Gasteiger partial charge in [-0.3, -0.25) is 4.79 Å². The van der Waals surface area contributed by atoms with Crippen LogP contribution < -0.4 is 11.1 Å². The number of hydrogen-bond donors (Lipinski definition) is 2. The van der Waals surface area contributed by atoms with E-state index in [2.05, 4.69) is 5.32 Å². The van der Waals surface area contributed by atoms with Crippen molar-refractivity contribution in [3.8, 4) is 0 Å². The summed E-state index contributed by atoms with van der Waals surface area (Å²) in [6.45, 7) is 0.810. The van der Waals surface area contributed by atoms with Gasteiger partial charge in [0, 0.05) is 18.5 Å². The van der Waals surface area contributed by atoms with Crippen molar-refractivity contribution in [2.45, 2.75) is 70.3 Å². The van der Waals surface area contributed by atoms with Crippen LogP contribution in [0.25, 0.3) is 0 Å². The predicted octanol–water partition coefficient (Wildman–Crippen LogP) is 2.84. The molecule has 3 nitrogen and oxygen atoms in total. The Labute approximate surface area is 123 Å². The number of carbonyl (C=O) groups is 1. The van der Waals surface area contributed by atoms with E-state index in [0.29, 0.717) is 17.9 Å². The van der Waals surface area contributed by atoms with E-state index in [-0.39, 0.29) is 5.92 Å². The number of carbonyl (C=O) groups excluding carboxylic acids is 1. The summed E-state index contributed by atoms with van der Waals surface area (Å²) in [5.74, 6) is 2.88. The Morgan fingerprint density at radius 1 is 0.950 bits per heavy atom. The van der Waals surface area contributed by atoms with E-state index in [1.807, 2.05) is 0 Å². The molecular formula is C17H30N2O. The number of fused-ring (bicyclic) bond motifs is 1. The van der Waals surface area contributed by atoms with Gasteiger partial charge in [0.05, 0.1) is 0 Å². The topological polar surface area (TPSA) is 55.1 Å². The van der Waals surface area contributed by atoms with Crippen LogP contribution in [0, 0.1) is 23.7 Å². The van der Waals surface area contributed by atoms with Gasteiger partial charge in [0.25, 0.3) is 0 Å². The van der Waals surface area contributed by atoms with E-state index in [1.54, 1.807) is 0 Å². The fraction of sp³-hybridized carbons (Fsp3) is 0.941. The van der Waals surface area contributed by atoms with Crippen molar-refractivity contribution in [2.24, 2.45) is 29.4 Å². The molecule has 0 aromatic heterocycles. The third-order valence-electron chi connectivity index (χ3n) is 6.17. The van der Waals surface area contributed by atoms with E-state index in [9.17, 15) is 4.79 Å². The summed E-state index contributed by atoms with van der Waals surface area (Å²) in [5.41, 5.74) is 6.08. The molecule has 0 heterocycles. The van der Waals surface area contributed by atoms with Crippen molar-refractivity contribution in [2.75, 3.05) is 6.54 Å². The van der Waals surface area contributed by atoms with E-state index in [4.69, 9.17) is 5.73 Å². The van der Waals surface area contributed by atoms with Crippen LogP contribution in [-0.2, 0) is 4.79 Å². The SMILES string of the molecule is NC1CCCC1CNC(=O)C1CCC2CCCCC2C1. The molecule has 0 spiro atoms. The van der Waals surface area contributed by atoms with E-state index >= 15 is 0 Å². The summed E-state index contributed by atoms with van der Waals surface area (Å²) in [5, 5.41) is 3.20. The monoisotopic (exact) mass is 278 g/mol. The number of amides is 1. The summed E-state index contributed by atoms with van der Waals surface area (Å²) in [6.07, 6.45) is 12.7. The minimum absolute atomic E-state index is 0.284. The number of hydrogen-bond acceptors (Lipinski definition) is 2. The molecule has 3 N–H and O–H groups in total. The van der Waals surface area contributed by atoms with Crippen LogP contribution in [-0.4, -0.2) is 18.5 Å². The molecule has 0 aliphatic heterocycles. The van der Waals surface area contributed by atoms with Crippen LogP contribution in [0.4, 0.5) is 0 Å². The fourth-order valence-corrected chi connectivity index (χ4v) is 4.81. The lowest BCUT2D eigenvalue weighted by Gasteiger charge is -2.38. The number of nitrogens with one attached hydrogen (secondary N) is 1. The molecular weight excluding hydrogens is 248 g/mol. The van der Waals surface area contributed by atoms with Crippen molar-refractivity contribution >= 4 is 5.91 Å². The van der Waals surface area contributed by atoms with E-state index in [0.717, 1.165) is 37.6 Å². The van der Waals surface area contributed by atoms with Crippen LogP contribution in [0.5, 0.6) is 0 Å². The summed E-state index contributed by atoms with van der Waals surface area (Å²) in [7, 11) is 0. The molecule has 0 aromatic rings. The van der Waals surface area contributed by atoms with Crippen molar-refractivity contribution in [1.82, 2.24) is 5.32 Å². The Morgan fingerprint density at radius 3 is 2.50 bits per heavy atom. The third-order valence-corrected chi connectivity index (χ3v) is 6.17. The summed E-state index contributed by atoms with van der Waals surface area (Å²) in [4.78, 5) is 12.4. The molecule has 3 aliphatic rings. The average Bonchev–Trinajstić information content (AvgIpc) is 2.89. The van der Waals surface area contributed by atoms with Crippen LogP contribution >= 0.6 is 0 Å². The van der Waals surface area contributed by atoms with Crippen LogP contribution in [0.3, 0.4) is 0 Å². The molecule has 3 fully saturated rings. The molecule has 5 unspecified atom stereocenters. The first-order valence-electron chi connectivity index (χ1n) is 8.77. The molecule has 0 radical (unpaired) electrons. The average molecular weight is 278 g/mol. The maximum absolute atomic E-state index is 12.4. The highest BCUT2D eigenvalue weighted by atomic mass is 16.1. The summed E-state index contributed by atoms with van der Waals surface area (Å²) in [6, 6.07) is 0.310. The highest BCUT2D eigenvalue weighted by molar-refractivity contribution is 5.78. The maximum Gasteiger partial charge on any atom is 0.223 e. The summed E-state index contributed by atoms with van der Waals surface area (Å²) < 4.78 is 0. The van der Waals surface area contributed by atoms with Gasteiger partial charge in [-0.25, -0.2) is 0 Å². The molecule has 3 heteroatoms.